The van der Waals surface area contributed by atoms with Gasteiger partial charge in [-0.3, -0.25) is 0 Å². The molecule has 1 aromatic carbocycles. The minimum Gasteiger partial charge on any atom is -0.496 e. The van der Waals surface area contributed by atoms with Crippen LogP contribution in [0, 0.1) is 6.92 Å². The highest BCUT2D eigenvalue weighted by molar-refractivity contribution is 5.64. The van der Waals surface area contributed by atoms with Gasteiger partial charge in [-0.05, 0) is 25.1 Å². The monoisotopic (exact) mass is 233 g/mol. The number of methoxy groups -OCH3 is 1. The Hall–Kier alpha value is -2.01. The average molecular weight is 233 g/mol. The van der Waals surface area contributed by atoms with Crippen molar-refractivity contribution in [1.29, 1.82) is 0 Å². The molecule has 17 heavy (non-hydrogen) atoms. The van der Waals surface area contributed by atoms with Crippen molar-refractivity contribution in [3.8, 4) is 17.0 Å². The lowest BCUT2D eigenvalue weighted by atomic mass is 10.1. The molecule has 5 heteroatoms. The zero-order chi connectivity index (χ0) is 12.4. The van der Waals surface area contributed by atoms with Crippen LogP contribution in [-0.4, -0.2) is 12.1 Å². The molecule has 0 spiro atoms. The number of hydrogen-bond donors (Lipinski definition) is 2. The SMILES string of the molecule is COc1ccc(-c2nc(N)oc2C)cc1CN. The van der Waals surface area contributed by atoms with Crippen LogP contribution >= 0.6 is 0 Å². The third kappa shape index (κ3) is 2.09. The number of rotatable bonds is 3. The molecular weight excluding hydrogens is 218 g/mol. The third-order valence-corrected chi connectivity index (χ3v) is 2.59. The second-order valence-electron chi connectivity index (χ2n) is 3.69. The molecule has 0 atom stereocenters. The van der Waals surface area contributed by atoms with Gasteiger partial charge in [0.05, 0.1) is 7.11 Å². The Labute approximate surface area is 99.4 Å². The number of nitrogen functional groups attached to an aromatic ring is 1. The summed E-state index contributed by atoms with van der Waals surface area (Å²) in [5, 5.41) is 0. The molecule has 2 rings (SSSR count). The molecule has 1 aromatic heterocycles. The molecule has 1 heterocycles. The van der Waals surface area contributed by atoms with E-state index in [1.807, 2.05) is 25.1 Å². The van der Waals surface area contributed by atoms with Gasteiger partial charge in [0, 0.05) is 17.7 Å². The molecular formula is C12H15N3O2. The fourth-order valence-electron chi connectivity index (χ4n) is 1.77. The maximum Gasteiger partial charge on any atom is 0.292 e. The van der Waals surface area contributed by atoms with Gasteiger partial charge in [-0.1, -0.05) is 0 Å². The van der Waals surface area contributed by atoms with E-state index in [4.69, 9.17) is 20.6 Å². The second-order valence-corrected chi connectivity index (χ2v) is 3.69. The normalized spacial score (nSPS) is 10.5. The minimum atomic E-state index is 0.169. The van der Waals surface area contributed by atoms with Crippen LogP contribution < -0.4 is 16.2 Å². The molecule has 5 nitrogen and oxygen atoms in total. The van der Waals surface area contributed by atoms with Crippen molar-refractivity contribution >= 4 is 6.01 Å². The Kier molecular flexibility index (Phi) is 3.01. The van der Waals surface area contributed by atoms with Gasteiger partial charge in [-0.25, -0.2) is 0 Å². The van der Waals surface area contributed by atoms with Crippen molar-refractivity contribution in [2.75, 3.05) is 12.8 Å². The van der Waals surface area contributed by atoms with Crippen molar-refractivity contribution in [3.63, 3.8) is 0 Å². The van der Waals surface area contributed by atoms with Gasteiger partial charge < -0.3 is 20.6 Å². The third-order valence-electron chi connectivity index (χ3n) is 2.59. The van der Waals surface area contributed by atoms with Gasteiger partial charge in [-0.2, -0.15) is 4.98 Å². The molecule has 90 valence electrons. The summed E-state index contributed by atoms with van der Waals surface area (Å²) in [5.41, 5.74) is 13.8. The molecule has 0 amide bonds. The van der Waals surface area contributed by atoms with Crippen LogP contribution in [0.25, 0.3) is 11.3 Å². The predicted octanol–water partition coefficient (Wildman–Crippen LogP) is 1.70. The van der Waals surface area contributed by atoms with Crippen LogP contribution in [0.1, 0.15) is 11.3 Å². The molecule has 0 aliphatic rings. The number of oxazole rings is 1. The summed E-state index contributed by atoms with van der Waals surface area (Å²) in [4.78, 5) is 4.14. The number of aryl methyl sites for hydroxylation is 1. The average Bonchev–Trinajstić information content (AvgIpc) is 2.67. The van der Waals surface area contributed by atoms with Crippen molar-refractivity contribution in [3.05, 3.63) is 29.5 Å². The maximum atomic E-state index is 5.67. The molecule has 4 N–H and O–H groups in total. The molecule has 0 aliphatic heterocycles. The van der Waals surface area contributed by atoms with E-state index in [-0.39, 0.29) is 6.01 Å². The summed E-state index contributed by atoms with van der Waals surface area (Å²) in [7, 11) is 1.62. The molecule has 0 unspecified atom stereocenters. The van der Waals surface area contributed by atoms with Crippen molar-refractivity contribution in [2.24, 2.45) is 5.73 Å². The topological polar surface area (TPSA) is 87.3 Å². The largest absolute Gasteiger partial charge is 0.496 e. The molecule has 0 saturated carbocycles. The zero-order valence-corrected chi connectivity index (χ0v) is 9.86. The number of benzene rings is 1. The first-order valence-electron chi connectivity index (χ1n) is 5.26. The summed E-state index contributed by atoms with van der Waals surface area (Å²) in [6.07, 6.45) is 0. The molecule has 0 bridgehead atoms. The quantitative estimate of drug-likeness (QED) is 0.842. The Morgan fingerprint density at radius 1 is 1.41 bits per heavy atom. The van der Waals surface area contributed by atoms with E-state index in [0.717, 1.165) is 22.6 Å². The summed E-state index contributed by atoms with van der Waals surface area (Å²) < 4.78 is 10.4. The van der Waals surface area contributed by atoms with Crippen LogP contribution in [0.2, 0.25) is 0 Å². The summed E-state index contributed by atoms with van der Waals surface area (Å²) in [6.45, 7) is 2.23. The lowest BCUT2D eigenvalue weighted by molar-refractivity contribution is 0.410. The number of hydrogen-bond acceptors (Lipinski definition) is 5. The first-order chi connectivity index (χ1) is 8.15. The number of anilines is 1. The smallest absolute Gasteiger partial charge is 0.292 e. The number of nitrogens with two attached hydrogens (primary N) is 2. The zero-order valence-electron chi connectivity index (χ0n) is 9.86. The Morgan fingerprint density at radius 3 is 2.71 bits per heavy atom. The van der Waals surface area contributed by atoms with Crippen LogP contribution in [0.3, 0.4) is 0 Å². The van der Waals surface area contributed by atoms with Gasteiger partial charge in [0.25, 0.3) is 6.01 Å². The lowest BCUT2D eigenvalue weighted by Crippen LogP contribution is -2.00. The van der Waals surface area contributed by atoms with Crippen LogP contribution in [0.15, 0.2) is 22.6 Å². The van der Waals surface area contributed by atoms with E-state index in [1.54, 1.807) is 7.11 Å². The molecule has 0 fully saturated rings. The van der Waals surface area contributed by atoms with Crippen LogP contribution in [0.5, 0.6) is 5.75 Å². The van der Waals surface area contributed by atoms with Crippen LogP contribution in [0.4, 0.5) is 6.01 Å². The van der Waals surface area contributed by atoms with E-state index >= 15 is 0 Å². The van der Waals surface area contributed by atoms with Gasteiger partial charge in [0.15, 0.2) is 0 Å². The van der Waals surface area contributed by atoms with E-state index in [9.17, 15) is 0 Å². The first kappa shape index (κ1) is 11.5. The second kappa shape index (κ2) is 4.47. The Morgan fingerprint density at radius 2 is 2.18 bits per heavy atom. The van der Waals surface area contributed by atoms with E-state index < -0.39 is 0 Å². The summed E-state index contributed by atoms with van der Waals surface area (Å²) in [6, 6.07) is 5.87. The lowest BCUT2D eigenvalue weighted by Gasteiger charge is -2.08. The highest BCUT2D eigenvalue weighted by atomic mass is 16.5. The molecule has 0 saturated heterocycles. The van der Waals surface area contributed by atoms with Gasteiger partial charge in [0.1, 0.15) is 17.2 Å². The molecule has 0 aliphatic carbocycles. The molecule has 2 aromatic rings. The van der Waals surface area contributed by atoms with Crippen molar-refractivity contribution in [2.45, 2.75) is 13.5 Å². The fourth-order valence-corrected chi connectivity index (χ4v) is 1.77. The standard InChI is InChI=1S/C12H15N3O2/c1-7-11(15-12(14)17-7)8-3-4-10(16-2)9(5-8)6-13/h3-5H,6,13H2,1-2H3,(H2,14,15). The van der Waals surface area contributed by atoms with E-state index in [0.29, 0.717) is 12.3 Å². The van der Waals surface area contributed by atoms with Crippen LogP contribution in [-0.2, 0) is 6.54 Å². The van der Waals surface area contributed by atoms with E-state index in [2.05, 4.69) is 4.98 Å². The highest BCUT2D eigenvalue weighted by Crippen LogP contribution is 2.28. The van der Waals surface area contributed by atoms with E-state index in [1.165, 1.54) is 0 Å². The minimum absolute atomic E-state index is 0.169. The number of aromatic nitrogens is 1. The van der Waals surface area contributed by atoms with Crippen molar-refractivity contribution < 1.29 is 9.15 Å². The Bertz CT molecular complexity index is 535. The fraction of sp³-hybridized carbons (Fsp3) is 0.250. The maximum absolute atomic E-state index is 5.67. The first-order valence-corrected chi connectivity index (χ1v) is 5.26. The molecule has 0 radical (unpaired) electrons. The number of ether oxygens (including phenoxy) is 1. The highest BCUT2D eigenvalue weighted by Gasteiger charge is 2.11. The van der Waals surface area contributed by atoms with Gasteiger partial charge in [0.2, 0.25) is 0 Å². The number of nitrogens with zero attached hydrogens (tertiary/aromatic N) is 1. The Balaban J connectivity index is 2.50. The van der Waals surface area contributed by atoms with Gasteiger partial charge in [-0.15, -0.1) is 0 Å². The predicted molar refractivity (Wildman–Crippen MR) is 65.5 cm³/mol. The van der Waals surface area contributed by atoms with Gasteiger partial charge >= 0.3 is 0 Å². The van der Waals surface area contributed by atoms with Crippen molar-refractivity contribution in [1.82, 2.24) is 4.98 Å². The summed E-state index contributed by atoms with van der Waals surface area (Å²) in [5.74, 6) is 1.46. The summed E-state index contributed by atoms with van der Waals surface area (Å²) >= 11 is 0.